The number of nitrogens with two attached hydrogens (primary N) is 2. The summed E-state index contributed by atoms with van der Waals surface area (Å²) in [7, 11) is 0. The van der Waals surface area contributed by atoms with Crippen molar-refractivity contribution < 1.29 is 10.2 Å². The predicted octanol–water partition coefficient (Wildman–Crippen LogP) is 1.20. The highest BCUT2D eigenvalue weighted by atomic mass is 32.1. The molecule has 6 heteroatoms. The fourth-order valence-electron chi connectivity index (χ4n) is 1.27. The van der Waals surface area contributed by atoms with Crippen molar-refractivity contribution in [1.82, 2.24) is 0 Å². The Morgan fingerprint density at radius 3 is 2.20 bits per heavy atom. The first-order valence-electron chi connectivity index (χ1n) is 4.15. The highest BCUT2D eigenvalue weighted by Gasteiger charge is 2.24. The maximum Gasteiger partial charge on any atom is 0.195 e. The SMILES string of the molecule is NC(N)(O)c1ccsc1-c1sccc1O. The first-order chi connectivity index (χ1) is 7.00. The van der Waals surface area contributed by atoms with Crippen LogP contribution in [0.5, 0.6) is 5.75 Å². The average Bonchev–Trinajstić information content (AvgIpc) is 2.69. The van der Waals surface area contributed by atoms with E-state index >= 15 is 0 Å². The van der Waals surface area contributed by atoms with Crippen molar-refractivity contribution in [2.75, 3.05) is 0 Å². The van der Waals surface area contributed by atoms with Crippen molar-refractivity contribution >= 4 is 22.7 Å². The highest BCUT2D eigenvalue weighted by Crippen LogP contribution is 2.41. The zero-order valence-electron chi connectivity index (χ0n) is 7.68. The van der Waals surface area contributed by atoms with Gasteiger partial charge in [0.25, 0.3) is 0 Å². The van der Waals surface area contributed by atoms with Gasteiger partial charge in [0.15, 0.2) is 5.85 Å². The number of aliphatic hydroxyl groups is 1. The van der Waals surface area contributed by atoms with Crippen LogP contribution in [0.2, 0.25) is 0 Å². The zero-order chi connectivity index (χ0) is 11.1. The van der Waals surface area contributed by atoms with Crippen molar-refractivity contribution in [3.63, 3.8) is 0 Å². The Kier molecular flexibility index (Phi) is 2.53. The van der Waals surface area contributed by atoms with Crippen molar-refractivity contribution in [3.8, 4) is 15.5 Å². The second-order valence-corrected chi connectivity index (χ2v) is 4.96. The van der Waals surface area contributed by atoms with E-state index in [4.69, 9.17) is 11.5 Å². The second-order valence-electron chi connectivity index (χ2n) is 3.12. The molecule has 80 valence electrons. The third-order valence-corrected chi connectivity index (χ3v) is 3.93. The van der Waals surface area contributed by atoms with Gasteiger partial charge in [0.05, 0.1) is 9.75 Å². The van der Waals surface area contributed by atoms with Gasteiger partial charge in [0.1, 0.15) is 5.75 Å². The predicted molar refractivity (Wildman–Crippen MR) is 61.6 cm³/mol. The molecule has 2 heterocycles. The molecule has 0 radical (unpaired) electrons. The lowest BCUT2D eigenvalue weighted by atomic mass is 10.1. The number of hydrogen-bond acceptors (Lipinski definition) is 6. The van der Waals surface area contributed by atoms with E-state index in [0.29, 0.717) is 15.3 Å². The Morgan fingerprint density at radius 2 is 1.67 bits per heavy atom. The van der Waals surface area contributed by atoms with Crippen LogP contribution in [0.15, 0.2) is 22.9 Å². The van der Waals surface area contributed by atoms with Crippen LogP contribution in [-0.4, -0.2) is 10.2 Å². The van der Waals surface area contributed by atoms with Gasteiger partial charge >= 0.3 is 0 Å². The fraction of sp³-hybridized carbons (Fsp3) is 0.111. The summed E-state index contributed by atoms with van der Waals surface area (Å²) in [5.74, 6) is -1.70. The van der Waals surface area contributed by atoms with E-state index in [-0.39, 0.29) is 5.75 Å². The summed E-state index contributed by atoms with van der Waals surface area (Å²) < 4.78 is 0. The van der Waals surface area contributed by atoms with Crippen LogP contribution in [0.4, 0.5) is 0 Å². The molecule has 0 bridgehead atoms. The summed E-state index contributed by atoms with van der Waals surface area (Å²) in [6, 6.07) is 3.24. The first kappa shape index (κ1) is 10.6. The smallest absolute Gasteiger partial charge is 0.195 e. The van der Waals surface area contributed by atoms with E-state index in [0.717, 1.165) is 0 Å². The van der Waals surface area contributed by atoms with Gasteiger partial charge in [-0.15, -0.1) is 22.7 Å². The lowest BCUT2D eigenvalue weighted by Gasteiger charge is -2.17. The molecule has 0 aliphatic heterocycles. The van der Waals surface area contributed by atoms with E-state index in [1.807, 2.05) is 0 Å². The quantitative estimate of drug-likeness (QED) is 0.595. The maximum atomic E-state index is 9.57. The molecular weight excluding hydrogens is 232 g/mol. The molecule has 0 saturated heterocycles. The van der Waals surface area contributed by atoms with Gasteiger partial charge in [-0.25, -0.2) is 0 Å². The number of rotatable bonds is 2. The van der Waals surface area contributed by atoms with Gasteiger partial charge in [0.2, 0.25) is 0 Å². The summed E-state index contributed by atoms with van der Waals surface area (Å²) in [6.45, 7) is 0. The summed E-state index contributed by atoms with van der Waals surface area (Å²) >= 11 is 2.75. The second kappa shape index (κ2) is 3.58. The van der Waals surface area contributed by atoms with E-state index in [1.54, 1.807) is 22.9 Å². The fourth-order valence-corrected chi connectivity index (χ4v) is 3.21. The number of thiophene rings is 2. The Labute approximate surface area is 94.4 Å². The molecule has 0 amide bonds. The minimum atomic E-state index is -1.87. The molecular formula is C9H10N2O2S2. The Hall–Kier alpha value is -0.920. The van der Waals surface area contributed by atoms with Crippen LogP contribution in [-0.2, 0) is 5.85 Å². The van der Waals surface area contributed by atoms with Crippen molar-refractivity contribution in [1.29, 1.82) is 0 Å². The Balaban J connectivity index is 2.56. The van der Waals surface area contributed by atoms with E-state index in [2.05, 4.69) is 0 Å². The van der Waals surface area contributed by atoms with Gasteiger partial charge in [-0.05, 0) is 22.9 Å². The third kappa shape index (κ3) is 1.90. The van der Waals surface area contributed by atoms with Crippen LogP contribution in [0, 0.1) is 0 Å². The molecule has 2 aromatic rings. The Bertz CT molecular complexity index is 470. The summed E-state index contributed by atoms with van der Waals surface area (Å²) in [5, 5.41) is 22.6. The van der Waals surface area contributed by atoms with Gasteiger partial charge < -0.3 is 10.2 Å². The lowest BCUT2D eigenvalue weighted by molar-refractivity contribution is 0.0519. The highest BCUT2D eigenvalue weighted by molar-refractivity contribution is 7.20. The van der Waals surface area contributed by atoms with Gasteiger partial charge in [-0.1, -0.05) is 0 Å². The average molecular weight is 242 g/mol. The number of hydrogen-bond donors (Lipinski definition) is 4. The Morgan fingerprint density at radius 1 is 1.07 bits per heavy atom. The van der Waals surface area contributed by atoms with Gasteiger partial charge in [-0.2, -0.15) is 0 Å². The van der Waals surface area contributed by atoms with Crippen LogP contribution in [0.1, 0.15) is 5.56 Å². The topological polar surface area (TPSA) is 92.5 Å². The van der Waals surface area contributed by atoms with E-state index < -0.39 is 5.85 Å². The standard InChI is InChI=1S/C9H10N2O2S2/c10-9(11,13)5-1-3-14-7(5)8-6(12)2-4-15-8/h1-4,12-13H,10-11H2. The molecule has 15 heavy (non-hydrogen) atoms. The van der Waals surface area contributed by atoms with Gasteiger partial charge in [0, 0.05) is 5.56 Å². The van der Waals surface area contributed by atoms with Crippen molar-refractivity contribution in [3.05, 3.63) is 28.5 Å². The normalized spacial score (nSPS) is 11.9. The molecule has 6 N–H and O–H groups in total. The molecule has 0 spiro atoms. The van der Waals surface area contributed by atoms with E-state index in [1.165, 1.54) is 22.7 Å². The molecule has 0 aliphatic carbocycles. The molecule has 0 fully saturated rings. The van der Waals surface area contributed by atoms with Crippen LogP contribution in [0.3, 0.4) is 0 Å². The molecule has 0 aliphatic rings. The van der Waals surface area contributed by atoms with Crippen LogP contribution < -0.4 is 11.5 Å². The third-order valence-electron chi connectivity index (χ3n) is 1.95. The number of aromatic hydroxyl groups is 1. The van der Waals surface area contributed by atoms with Crippen LogP contribution >= 0.6 is 22.7 Å². The minimum absolute atomic E-state index is 0.174. The lowest BCUT2D eigenvalue weighted by Crippen LogP contribution is -2.45. The molecule has 0 atom stereocenters. The van der Waals surface area contributed by atoms with E-state index in [9.17, 15) is 10.2 Å². The monoisotopic (exact) mass is 242 g/mol. The molecule has 0 saturated carbocycles. The van der Waals surface area contributed by atoms with Gasteiger partial charge in [-0.3, -0.25) is 11.5 Å². The zero-order valence-corrected chi connectivity index (χ0v) is 9.31. The molecule has 0 aromatic carbocycles. The summed E-state index contributed by atoms with van der Waals surface area (Å²) in [5.41, 5.74) is 11.3. The largest absolute Gasteiger partial charge is 0.506 e. The summed E-state index contributed by atoms with van der Waals surface area (Å²) in [4.78, 5) is 1.38. The molecule has 0 unspecified atom stereocenters. The molecule has 4 nitrogen and oxygen atoms in total. The minimum Gasteiger partial charge on any atom is -0.506 e. The van der Waals surface area contributed by atoms with Crippen molar-refractivity contribution in [2.45, 2.75) is 5.85 Å². The molecule has 2 aromatic heterocycles. The van der Waals surface area contributed by atoms with Crippen molar-refractivity contribution in [2.24, 2.45) is 11.5 Å². The first-order valence-corrected chi connectivity index (χ1v) is 5.91. The molecule has 2 rings (SSSR count). The van der Waals surface area contributed by atoms with Crippen LogP contribution in [0.25, 0.3) is 9.75 Å². The summed E-state index contributed by atoms with van der Waals surface area (Å²) in [6.07, 6.45) is 0. The maximum absolute atomic E-state index is 9.57.